The number of ether oxygens (including phenoxy) is 1. The molecular formula is C11H21NO3. The van der Waals surface area contributed by atoms with Crippen LogP contribution in [0.4, 0.5) is 0 Å². The lowest BCUT2D eigenvalue weighted by Crippen LogP contribution is -2.33. The van der Waals surface area contributed by atoms with Crippen molar-refractivity contribution in [2.45, 2.75) is 26.8 Å². The molecule has 0 amide bonds. The molecule has 0 aliphatic heterocycles. The molecule has 0 fully saturated rings. The average molecular weight is 215 g/mol. The first kappa shape index (κ1) is 14.1. The van der Waals surface area contributed by atoms with Crippen molar-refractivity contribution in [2.75, 3.05) is 26.8 Å². The Morgan fingerprint density at radius 3 is 2.53 bits per heavy atom. The van der Waals surface area contributed by atoms with E-state index < -0.39 is 0 Å². The van der Waals surface area contributed by atoms with Crippen molar-refractivity contribution in [3.05, 3.63) is 11.6 Å². The normalized spacial score (nSPS) is 12.3. The van der Waals surface area contributed by atoms with E-state index in [9.17, 15) is 4.79 Å². The molecule has 0 bridgehead atoms. The zero-order chi connectivity index (χ0) is 11.8. The Balaban J connectivity index is 4.24. The Hall–Kier alpha value is -0.870. The number of hydrogen-bond acceptors (Lipinski definition) is 4. The second-order valence-corrected chi connectivity index (χ2v) is 3.69. The molecule has 0 saturated heterocycles. The van der Waals surface area contributed by atoms with Crippen LogP contribution in [0.2, 0.25) is 0 Å². The fourth-order valence-electron chi connectivity index (χ4n) is 1.19. The van der Waals surface area contributed by atoms with Crippen molar-refractivity contribution >= 4 is 5.97 Å². The molecule has 1 N–H and O–H groups in total. The predicted octanol–water partition coefficient (Wildman–Crippen LogP) is 0.808. The Morgan fingerprint density at radius 1 is 1.53 bits per heavy atom. The lowest BCUT2D eigenvalue weighted by atomic mass is 10.2. The van der Waals surface area contributed by atoms with E-state index in [1.807, 2.05) is 6.08 Å². The van der Waals surface area contributed by atoms with Gasteiger partial charge in [0.1, 0.15) is 0 Å². The Labute approximate surface area is 91.5 Å². The van der Waals surface area contributed by atoms with E-state index in [1.54, 1.807) is 6.92 Å². The molecule has 4 nitrogen and oxygen atoms in total. The average Bonchev–Trinajstić information content (AvgIpc) is 2.21. The van der Waals surface area contributed by atoms with Gasteiger partial charge in [0, 0.05) is 24.7 Å². The highest BCUT2D eigenvalue weighted by atomic mass is 16.5. The van der Waals surface area contributed by atoms with Crippen LogP contribution in [-0.2, 0) is 9.53 Å². The fourth-order valence-corrected chi connectivity index (χ4v) is 1.19. The van der Waals surface area contributed by atoms with Crippen molar-refractivity contribution in [1.82, 2.24) is 4.90 Å². The maximum absolute atomic E-state index is 11.1. The van der Waals surface area contributed by atoms with Gasteiger partial charge in [-0.25, -0.2) is 4.79 Å². The number of methoxy groups -OCH3 is 1. The van der Waals surface area contributed by atoms with Gasteiger partial charge < -0.3 is 9.84 Å². The number of carbonyl (C=O) groups excluding carboxylic acids is 1. The highest BCUT2D eigenvalue weighted by Gasteiger charge is 2.08. The lowest BCUT2D eigenvalue weighted by molar-refractivity contribution is -0.136. The molecule has 0 aromatic heterocycles. The van der Waals surface area contributed by atoms with Gasteiger partial charge in [-0.15, -0.1) is 0 Å². The zero-order valence-corrected chi connectivity index (χ0v) is 9.99. The molecule has 0 spiro atoms. The van der Waals surface area contributed by atoms with Crippen LogP contribution >= 0.6 is 0 Å². The number of aliphatic hydroxyl groups is 1. The van der Waals surface area contributed by atoms with Crippen LogP contribution in [-0.4, -0.2) is 48.8 Å². The smallest absolute Gasteiger partial charge is 0.333 e. The minimum absolute atomic E-state index is 0.128. The monoisotopic (exact) mass is 215 g/mol. The zero-order valence-electron chi connectivity index (χ0n) is 9.99. The first-order chi connectivity index (χ1) is 7.02. The molecule has 0 unspecified atom stereocenters. The van der Waals surface area contributed by atoms with Crippen LogP contribution in [0.5, 0.6) is 0 Å². The third-order valence-corrected chi connectivity index (χ3v) is 2.26. The number of esters is 1. The minimum atomic E-state index is -0.303. The SMILES string of the molecule is COC(=O)C(C)=CCN(CCO)C(C)C. The summed E-state index contributed by atoms with van der Waals surface area (Å²) in [5.41, 5.74) is 0.598. The Morgan fingerprint density at radius 2 is 2.13 bits per heavy atom. The third kappa shape index (κ3) is 5.54. The molecule has 0 radical (unpaired) electrons. The minimum Gasteiger partial charge on any atom is -0.466 e. The first-order valence-electron chi connectivity index (χ1n) is 5.13. The van der Waals surface area contributed by atoms with Crippen LogP contribution in [0.1, 0.15) is 20.8 Å². The second kappa shape index (κ2) is 7.43. The van der Waals surface area contributed by atoms with Crippen molar-refractivity contribution in [2.24, 2.45) is 0 Å². The van der Waals surface area contributed by atoms with Crippen LogP contribution in [0.25, 0.3) is 0 Å². The van der Waals surface area contributed by atoms with Crippen molar-refractivity contribution in [3.8, 4) is 0 Å². The summed E-state index contributed by atoms with van der Waals surface area (Å²) in [5, 5.41) is 8.85. The molecule has 0 aliphatic carbocycles. The summed E-state index contributed by atoms with van der Waals surface area (Å²) < 4.78 is 4.59. The van der Waals surface area contributed by atoms with Crippen LogP contribution < -0.4 is 0 Å². The topological polar surface area (TPSA) is 49.8 Å². The van der Waals surface area contributed by atoms with E-state index >= 15 is 0 Å². The van der Waals surface area contributed by atoms with E-state index in [4.69, 9.17) is 5.11 Å². The summed E-state index contributed by atoms with van der Waals surface area (Å²) in [7, 11) is 1.37. The van der Waals surface area contributed by atoms with Crippen LogP contribution in [0.3, 0.4) is 0 Å². The molecular weight excluding hydrogens is 194 g/mol. The van der Waals surface area contributed by atoms with Gasteiger partial charge in [0.25, 0.3) is 0 Å². The quantitative estimate of drug-likeness (QED) is 0.526. The molecule has 0 aromatic carbocycles. The van der Waals surface area contributed by atoms with Gasteiger partial charge in [-0.3, -0.25) is 4.90 Å². The number of aliphatic hydroxyl groups excluding tert-OH is 1. The molecule has 15 heavy (non-hydrogen) atoms. The number of hydrogen-bond donors (Lipinski definition) is 1. The molecule has 0 aliphatic rings. The van der Waals surface area contributed by atoms with Gasteiger partial charge in [-0.2, -0.15) is 0 Å². The number of nitrogens with zero attached hydrogens (tertiary/aromatic N) is 1. The molecule has 4 heteroatoms. The third-order valence-electron chi connectivity index (χ3n) is 2.26. The maximum Gasteiger partial charge on any atom is 0.333 e. The predicted molar refractivity (Wildman–Crippen MR) is 59.6 cm³/mol. The summed E-state index contributed by atoms with van der Waals surface area (Å²) in [5.74, 6) is -0.303. The Bertz CT molecular complexity index is 224. The summed E-state index contributed by atoms with van der Waals surface area (Å²) in [6.07, 6.45) is 1.82. The maximum atomic E-state index is 11.1. The summed E-state index contributed by atoms with van der Waals surface area (Å²) in [6.45, 7) is 7.22. The molecule has 88 valence electrons. The summed E-state index contributed by atoms with van der Waals surface area (Å²) in [6, 6.07) is 0.346. The van der Waals surface area contributed by atoms with Crippen molar-refractivity contribution < 1.29 is 14.6 Å². The summed E-state index contributed by atoms with van der Waals surface area (Å²) in [4.78, 5) is 13.2. The summed E-state index contributed by atoms with van der Waals surface area (Å²) >= 11 is 0. The molecule has 0 atom stereocenters. The fraction of sp³-hybridized carbons (Fsp3) is 0.727. The number of rotatable bonds is 6. The Kier molecular flexibility index (Phi) is 6.99. The van der Waals surface area contributed by atoms with E-state index in [0.29, 0.717) is 24.7 Å². The van der Waals surface area contributed by atoms with Gasteiger partial charge in [-0.05, 0) is 20.8 Å². The second-order valence-electron chi connectivity index (χ2n) is 3.69. The molecule has 0 aromatic rings. The van der Waals surface area contributed by atoms with Crippen molar-refractivity contribution in [1.29, 1.82) is 0 Å². The van der Waals surface area contributed by atoms with E-state index in [0.717, 1.165) is 0 Å². The van der Waals surface area contributed by atoms with E-state index in [1.165, 1.54) is 7.11 Å². The lowest BCUT2D eigenvalue weighted by Gasteiger charge is -2.24. The molecule has 0 saturated carbocycles. The van der Waals surface area contributed by atoms with E-state index in [-0.39, 0.29) is 12.6 Å². The molecule has 0 heterocycles. The van der Waals surface area contributed by atoms with Gasteiger partial charge in [0.05, 0.1) is 13.7 Å². The van der Waals surface area contributed by atoms with Gasteiger partial charge in [0.15, 0.2) is 0 Å². The van der Waals surface area contributed by atoms with Gasteiger partial charge in [-0.1, -0.05) is 6.08 Å². The van der Waals surface area contributed by atoms with Crippen molar-refractivity contribution in [3.63, 3.8) is 0 Å². The van der Waals surface area contributed by atoms with Gasteiger partial charge in [0.2, 0.25) is 0 Å². The highest BCUT2D eigenvalue weighted by molar-refractivity contribution is 5.87. The largest absolute Gasteiger partial charge is 0.466 e. The van der Waals surface area contributed by atoms with E-state index in [2.05, 4.69) is 23.5 Å². The number of carbonyl (C=O) groups is 1. The molecule has 0 rings (SSSR count). The van der Waals surface area contributed by atoms with Gasteiger partial charge >= 0.3 is 5.97 Å². The van der Waals surface area contributed by atoms with Crippen LogP contribution in [0, 0.1) is 0 Å². The standard InChI is InChI=1S/C11H21NO3/c1-9(2)12(7-8-13)6-5-10(3)11(14)15-4/h5,9,13H,6-8H2,1-4H3. The first-order valence-corrected chi connectivity index (χ1v) is 5.13. The van der Waals surface area contributed by atoms with Crippen LogP contribution in [0.15, 0.2) is 11.6 Å². The highest BCUT2D eigenvalue weighted by Crippen LogP contribution is 2.01.